The van der Waals surface area contributed by atoms with Gasteiger partial charge in [-0.15, -0.1) is 0 Å². The van der Waals surface area contributed by atoms with Crippen molar-refractivity contribution in [1.82, 2.24) is 0 Å². The predicted octanol–water partition coefficient (Wildman–Crippen LogP) is 2.89. The molecule has 0 saturated carbocycles. The van der Waals surface area contributed by atoms with Gasteiger partial charge in [-0.2, -0.15) is 0 Å². The summed E-state index contributed by atoms with van der Waals surface area (Å²) in [6.07, 6.45) is 0. The molecule has 14 heavy (non-hydrogen) atoms. The first kappa shape index (κ1) is 11.1. The van der Waals surface area contributed by atoms with Crippen LogP contribution in [-0.2, 0) is 0 Å². The molecule has 0 aliphatic heterocycles. The summed E-state index contributed by atoms with van der Waals surface area (Å²) >= 11 is 10.2. The molecule has 2 nitrogen and oxygen atoms in total. The fourth-order valence-electron chi connectivity index (χ4n) is 1.05. The number of carbonyl (C=O) groups excluding carboxylic acids is 2. The molecule has 0 fully saturated rings. The number of hydrogen-bond acceptors (Lipinski definition) is 2. The Bertz CT molecular complexity index is 380. The van der Waals surface area contributed by atoms with Crippen molar-refractivity contribution in [2.24, 2.45) is 0 Å². The SMILES string of the molecule is Cc1cc(C(=O)Cl)c(F)c(C(=O)Cl)c1. The Morgan fingerprint density at radius 2 is 1.50 bits per heavy atom. The van der Waals surface area contributed by atoms with Gasteiger partial charge in [0.25, 0.3) is 10.5 Å². The quantitative estimate of drug-likeness (QED) is 0.738. The Morgan fingerprint density at radius 1 is 1.14 bits per heavy atom. The van der Waals surface area contributed by atoms with Gasteiger partial charge in [0.1, 0.15) is 5.82 Å². The Morgan fingerprint density at radius 3 is 1.79 bits per heavy atom. The van der Waals surface area contributed by atoms with Crippen LogP contribution in [0.1, 0.15) is 26.3 Å². The van der Waals surface area contributed by atoms with Gasteiger partial charge in [0.2, 0.25) is 0 Å². The van der Waals surface area contributed by atoms with Crippen molar-refractivity contribution < 1.29 is 14.0 Å². The summed E-state index contributed by atoms with van der Waals surface area (Å²) in [6.45, 7) is 1.60. The van der Waals surface area contributed by atoms with Crippen LogP contribution in [0.25, 0.3) is 0 Å². The summed E-state index contributed by atoms with van der Waals surface area (Å²) in [5.74, 6) is -0.976. The van der Waals surface area contributed by atoms with E-state index in [1.165, 1.54) is 12.1 Å². The highest BCUT2D eigenvalue weighted by molar-refractivity contribution is 6.69. The van der Waals surface area contributed by atoms with Crippen LogP contribution in [0.4, 0.5) is 4.39 Å². The van der Waals surface area contributed by atoms with Crippen molar-refractivity contribution in [3.05, 3.63) is 34.6 Å². The molecule has 1 rings (SSSR count). The van der Waals surface area contributed by atoms with Crippen LogP contribution in [0.5, 0.6) is 0 Å². The molecule has 0 aromatic heterocycles. The van der Waals surface area contributed by atoms with Gasteiger partial charge in [-0.05, 0) is 47.8 Å². The molecule has 0 N–H and O–H groups in total. The number of benzene rings is 1. The Hall–Kier alpha value is -0.930. The third-order valence-corrected chi connectivity index (χ3v) is 2.05. The van der Waals surface area contributed by atoms with Crippen molar-refractivity contribution >= 4 is 33.7 Å². The van der Waals surface area contributed by atoms with Crippen molar-refractivity contribution in [2.75, 3.05) is 0 Å². The number of hydrogen-bond donors (Lipinski definition) is 0. The lowest BCUT2D eigenvalue weighted by atomic mass is 10.1. The van der Waals surface area contributed by atoms with Gasteiger partial charge >= 0.3 is 0 Å². The second-order valence-corrected chi connectivity index (χ2v) is 3.41. The van der Waals surface area contributed by atoms with E-state index < -0.39 is 16.3 Å². The van der Waals surface area contributed by atoms with Gasteiger partial charge in [0.15, 0.2) is 0 Å². The minimum Gasteiger partial charge on any atom is -0.275 e. The highest BCUT2D eigenvalue weighted by atomic mass is 35.5. The first-order chi connectivity index (χ1) is 6.43. The minimum atomic E-state index is -0.976. The molecule has 0 radical (unpaired) electrons. The van der Waals surface area contributed by atoms with Crippen molar-refractivity contribution in [2.45, 2.75) is 6.92 Å². The molecule has 0 amide bonds. The third kappa shape index (κ3) is 2.11. The Balaban J connectivity index is 3.47. The first-order valence-corrected chi connectivity index (χ1v) is 4.39. The normalized spacial score (nSPS) is 10.0. The fourth-order valence-corrected chi connectivity index (χ4v) is 1.33. The van der Waals surface area contributed by atoms with Gasteiger partial charge < -0.3 is 0 Å². The molecule has 1 aromatic carbocycles. The average molecular weight is 235 g/mol. The van der Waals surface area contributed by atoms with E-state index in [1.54, 1.807) is 6.92 Å². The van der Waals surface area contributed by atoms with Gasteiger partial charge in [0, 0.05) is 0 Å². The number of aryl methyl sites for hydroxylation is 1. The molecule has 0 bridgehead atoms. The number of carbonyl (C=O) groups is 2. The second-order valence-electron chi connectivity index (χ2n) is 2.72. The van der Waals surface area contributed by atoms with Crippen LogP contribution in [0, 0.1) is 12.7 Å². The van der Waals surface area contributed by atoms with Crippen LogP contribution < -0.4 is 0 Å². The average Bonchev–Trinajstić information content (AvgIpc) is 2.07. The van der Waals surface area contributed by atoms with Crippen molar-refractivity contribution in [3.63, 3.8) is 0 Å². The number of halogens is 3. The molecule has 0 aliphatic carbocycles. The van der Waals surface area contributed by atoms with Crippen LogP contribution in [0.15, 0.2) is 12.1 Å². The lowest BCUT2D eigenvalue weighted by Crippen LogP contribution is -2.03. The molecule has 74 valence electrons. The van der Waals surface area contributed by atoms with E-state index >= 15 is 0 Å². The van der Waals surface area contributed by atoms with Gasteiger partial charge in [-0.1, -0.05) is 0 Å². The van der Waals surface area contributed by atoms with Crippen LogP contribution in [-0.4, -0.2) is 10.5 Å². The lowest BCUT2D eigenvalue weighted by Gasteiger charge is -2.03. The maximum absolute atomic E-state index is 13.3. The van der Waals surface area contributed by atoms with Crippen LogP contribution in [0.2, 0.25) is 0 Å². The maximum Gasteiger partial charge on any atom is 0.255 e. The van der Waals surface area contributed by atoms with Gasteiger partial charge in [-0.3, -0.25) is 9.59 Å². The van der Waals surface area contributed by atoms with Crippen LogP contribution in [0.3, 0.4) is 0 Å². The molecule has 5 heteroatoms. The van der Waals surface area contributed by atoms with E-state index in [1.807, 2.05) is 0 Å². The summed E-state index contributed by atoms with van der Waals surface area (Å²) in [7, 11) is 0. The molecule has 0 saturated heterocycles. The first-order valence-electron chi connectivity index (χ1n) is 3.63. The standard InChI is InChI=1S/C9H5Cl2FO2/c1-4-2-5(8(10)13)7(12)6(3-4)9(11)14/h2-3H,1H3. The zero-order valence-corrected chi connectivity index (χ0v) is 8.62. The van der Waals surface area contributed by atoms with E-state index in [2.05, 4.69) is 0 Å². The summed E-state index contributed by atoms with van der Waals surface area (Å²) in [5, 5.41) is -1.91. The largest absolute Gasteiger partial charge is 0.275 e. The van der Waals surface area contributed by atoms with E-state index in [9.17, 15) is 14.0 Å². The Kier molecular flexibility index (Phi) is 3.24. The number of rotatable bonds is 2. The fraction of sp³-hybridized carbons (Fsp3) is 0.111. The zero-order valence-electron chi connectivity index (χ0n) is 7.11. The molecule has 0 aliphatic rings. The molecule has 0 spiro atoms. The monoisotopic (exact) mass is 234 g/mol. The summed E-state index contributed by atoms with van der Waals surface area (Å²) in [4.78, 5) is 21.5. The predicted molar refractivity (Wildman–Crippen MR) is 51.5 cm³/mol. The van der Waals surface area contributed by atoms with Crippen molar-refractivity contribution in [1.29, 1.82) is 0 Å². The summed E-state index contributed by atoms with van der Waals surface area (Å²) < 4.78 is 13.3. The van der Waals surface area contributed by atoms with Gasteiger partial charge in [-0.25, -0.2) is 4.39 Å². The highest BCUT2D eigenvalue weighted by Gasteiger charge is 2.17. The third-order valence-electron chi connectivity index (χ3n) is 1.64. The maximum atomic E-state index is 13.3. The second kappa shape index (κ2) is 4.07. The summed E-state index contributed by atoms with van der Waals surface area (Å²) in [6, 6.07) is 2.52. The van der Waals surface area contributed by atoms with Crippen LogP contribution >= 0.6 is 23.2 Å². The molecule has 1 aromatic rings. The molecular formula is C9H5Cl2FO2. The molecule has 0 heterocycles. The van der Waals surface area contributed by atoms with E-state index in [0.29, 0.717) is 5.56 Å². The minimum absolute atomic E-state index is 0.337. The highest BCUT2D eigenvalue weighted by Crippen LogP contribution is 2.19. The zero-order chi connectivity index (χ0) is 10.9. The summed E-state index contributed by atoms with van der Waals surface area (Å²) in [5.41, 5.74) is -0.134. The van der Waals surface area contributed by atoms with E-state index in [-0.39, 0.29) is 11.1 Å². The van der Waals surface area contributed by atoms with E-state index in [4.69, 9.17) is 23.2 Å². The topological polar surface area (TPSA) is 34.1 Å². The van der Waals surface area contributed by atoms with Crippen molar-refractivity contribution in [3.8, 4) is 0 Å². The molecule has 0 atom stereocenters. The molecular weight excluding hydrogens is 230 g/mol. The smallest absolute Gasteiger partial charge is 0.255 e. The van der Waals surface area contributed by atoms with E-state index in [0.717, 1.165) is 0 Å². The lowest BCUT2D eigenvalue weighted by molar-refractivity contribution is 0.107. The van der Waals surface area contributed by atoms with Gasteiger partial charge in [0.05, 0.1) is 11.1 Å². The Labute approximate surface area is 89.6 Å². The molecule has 0 unspecified atom stereocenters.